The van der Waals surface area contributed by atoms with E-state index in [1.165, 1.54) is 11.3 Å². The normalized spacial score (nSPS) is 10.6. The highest BCUT2D eigenvalue weighted by atomic mass is 32.1. The zero-order valence-electron chi connectivity index (χ0n) is 10.1. The highest BCUT2D eigenvalue weighted by Crippen LogP contribution is 2.21. The smallest absolute Gasteiger partial charge is 0.308 e. The molecule has 0 fully saturated rings. The van der Waals surface area contributed by atoms with Gasteiger partial charge in [-0.1, -0.05) is 0 Å². The lowest BCUT2D eigenvalue weighted by Gasteiger charge is -2.06. The molecule has 0 spiro atoms. The molecule has 2 rings (SSSR count). The number of hydrogen-bond donors (Lipinski definition) is 2. The van der Waals surface area contributed by atoms with Crippen molar-refractivity contribution >= 4 is 23.0 Å². The fourth-order valence-corrected chi connectivity index (χ4v) is 2.56. The van der Waals surface area contributed by atoms with Gasteiger partial charge in [0.2, 0.25) is 0 Å². The van der Waals surface area contributed by atoms with Crippen LogP contribution in [-0.2, 0) is 17.8 Å². The molecule has 0 unspecified atom stereocenters. The van der Waals surface area contributed by atoms with Crippen molar-refractivity contribution in [2.24, 2.45) is 0 Å². The first-order valence-corrected chi connectivity index (χ1v) is 6.45. The van der Waals surface area contributed by atoms with Crippen LogP contribution in [0.4, 0.5) is 18.9 Å². The number of nitrogens with one attached hydrogen (secondary N) is 1. The van der Waals surface area contributed by atoms with Crippen LogP contribution in [0.5, 0.6) is 0 Å². The molecule has 7 heteroatoms. The van der Waals surface area contributed by atoms with E-state index in [1.54, 1.807) is 12.1 Å². The fraction of sp³-hybridized carbons (Fsp3) is 0.154. The van der Waals surface area contributed by atoms with Gasteiger partial charge in [-0.05, 0) is 12.1 Å². The fourth-order valence-electron chi connectivity index (χ4n) is 1.61. The minimum Gasteiger partial charge on any atom is -0.481 e. The molecule has 106 valence electrons. The van der Waals surface area contributed by atoms with Crippen molar-refractivity contribution in [1.82, 2.24) is 0 Å². The lowest BCUT2D eigenvalue weighted by molar-refractivity contribution is -0.136. The summed E-state index contributed by atoms with van der Waals surface area (Å²) in [5.74, 6) is -4.94. The Kier molecular flexibility index (Phi) is 4.29. The first kappa shape index (κ1) is 14.4. The average molecular weight is 301 g/mol. The van der Waals surface area contributed by atoms with E-state index in [4.69, 9.17) is 5.11 Å². The van der Waals surface area contributed by atoms with Gasteiger partial charge in [0.15, 0.2) is 17.5 Å². The monoisotopic (exact) mass is 301 g/mol. The van der Waals surface area contributed by atoms with Gasteiger partial charge in [0.1, 0.15) is 0 Å². The Morgan fingerprint density at radius 2 is 1.75 bits per heavy atom. The first-order chi connectivity index (χ1) is 9.45. The molecule has 0 saturated carbocycles. The van der Waals surface area contributed by atoms with Gasteiger partial charge < -0.3 is 10.4 Å². The highest BCUT2D eigenvalue weighted by molar-refractivity contribution is 7.12. The molecule has 20 heavy (non-hydrogen) atoms. The summed E-state index contributed by atoms with van der Waals surface area (Å²) in [7, 11) is 0. The molecule has 0 aliphatic rings. The van der Waals surface area contributed by atoms with E-state index in [0.29, 0.717) is 4.88 Å². The molecular weight excluding hydrogens is 291 g/mol. The number of anilines is 1. The second-order valence-corrected chi connectivity index (χ2v) is 5.30. The van der Waals surface area contributed by atoms with Crippen molar-refractivity contribution in [3.8, 4) is 0 Å². The Hall–Kier alpha value is -2.02. The number of carboxylic acid groups (broad SMARTS) is 1. The molecule has 2 N–H and O–H groups in total. The molecule has 1 aromatic heterocycles. The molecule has 1 aromatic carbocycles. The van der Waals surface area contributed by atoms with Crippen molar-refractivity contribution in [3.63, 3.8) is 0 Å². The molecular formula is C13H10F3NO2S. The van der Waals surface area contributed by atoms with Crippen molar-refractivity contribution in [1.29, 1.82) is 0 Å². The summed E-state index contributed by atoms with van der Waals surface area (Å²) in [5, 5.41) is 11.4. The van der Waals surface area contributed by atoms with Crippen LogP contribution in [0, 0.1) is 17.5 Å². The molecule has 0 radical (unpaired) electrons. The molecule has 1 heterocycles. The molecule has 0 aliphatic heterocycles. The maximum Gasteiger partial charge on any atom is 0.308 e. The minimum absolute atomic E-state index is 0.0650. The standard InChI is InChI=1S/C13H10F3NO2S/c14-10-3-7(4-11(15)13(10)16)17-6-9-2-1-8(20-9)5-12(18)19/h1-4,17H,5-6H2,(H,18,19). The van der Waals surface area contributed by atoms with Gasteiger partial charge in [-0.2, -0.15) is 0 Å². The molecule has 0 aliphatic carbocycles. The molecule has 0 bridgehead atoms. The summed E-state index contributed by atoms with van der Waals surface area (Å²) < 4.78 is 38.8. The van der Waals surface area contributed by atoms with Crippen LogP contribution >= 0.6 is 11.3 Å². The van der Waals surface area contributed by atoms with Crippen LogP contribution in [0.15, 0.2) is 24.3 Å². The van der Waals surface area contributed by atoms with Gasteiger partial charge in [-0.15, -0.1) is 11.3 Å². The van der Waals surface area contributed by atoms with Crippen molar-refractivity contribution in [2.45, 2.75) is 13.0 Å². The van der Waals surface area contributed by atoms with E-state index in [1.807, 2.05) is 0 Å². The summed E-state index contributed by atoms with van der Waals surface area (Å²) in [4.78, 5) is 12.0. The minimum atomic E-state index is -1.50. The van der Waals surface area contributed by atoms with Crippen LogP contribution in [0.25, 0.3) is 0 Å². The van der Waals surface area contributed by atoms with Crippen molar-refractivity contribution < 1.29 is 23.1 Å². The van der Waals surface area contributed by atoms with Crippen molar-refractivity contribution in [2.75, 3.05) is 5.32 Å². The van der Waals surface area contributed by atoms with Gasteiger partial charge in [-0.25, -0.2) is 13.2 Å². The van der Waals surface area contributed by atoms with E-state index in [2.05, 4.69) is 5.32 Å². The topological polar surface area (TPSA) is 49.3 Å². The second-order valence-electron chi connectivity index (χ2n) is 4.05. The zero-order valence-corrected chi connectivity index (χ0v) is 10.9. The van der Waals surface area contributed by atoms with Gasteiger partial charge >= 0.3 is 5.97 Å². The number of halogens is 3. The van der Waals surface area contributed by atoms with Crippen LogP contribution in [0.2, 0.25) is 0 Å². The molecule has 2 aromatic rings. The maximum absolute atomic E-state index is 13.0. The SMILES string of the molecule is O=C(O)Cc1ccc(CNc2cc(F)c(F)c(F)c2)s1. The summed E-state index contributed by atoms with van der Waals surface area (Å²) in [5.41, 5.74) is 0.120. The number of hydrogen-bond acceptors (Lipinski definition) is 3. The third-order valence-corrected chi connectivity index (χ3v) is 3.58. The van der Waals surface area contributed by atoms with Crippen LogP contribution in [-0.4, -0.2) is 11.1 Å². The third-order valence-electron chi connectivity index (χ3n) is 2.49. The lowest BCUT2D eigenvalue weighted by atomic mass is 10.3. The summed E-state index contributed by atoms with van der Waals surface area (Å²) in [6.07, 6.45) is -0.0650. The van der Waals surface area contributed by atoms with Gasteiger partial charge in [0, 0.05) is 34.1 Å². The van der Waals surface area contributed by atoms with E-state index in [0.717, 1.165) is 17.0 Å². The summed E-state index contributed by atoms with van der Waals surface area (Å²) in [6, 6.07) is 5.14. The number of carbonyl (C=O) groups is 1. The second kappa shape index (κ2) is 5.96. The Bertz CT molecular complexity index is 619. The quantitative estimate of drug-likeness (QED) is 0.832. The number of thiophene rings is 1. The van der Waals surface area contributed by atoms with Crippen LogP contribution in [0.3, 0.4) is 0 Å². The van der Waals surface area contributed by atoms with E-state index >= 15 is 0 Å². The first-order valence-electron chi connectivity index (χ1n) is 5.63. The van der Waals surface area contributed by atoms with E-state index < -0.39 is 23.4 Å². The van der Waals surface area contributed by atoms with Gasteiger partial charge in [0.05, 0.1) is 6.42 Å². The Morgan fingerprint density at radius 1 is 1.15 bits per heavy atom. The Balaban J connectivity index is 2.02. The van der Waals surface area contributed by atoms with E-state index in [9.17, 15) is 18.0 Å². The van der Waals surface area contributed by atoms with Gasteiger partial charge in [-0.3, -0.25) is 4.79 Å². The van der Waals surface area contributed by atoms with Crippen LogP contribution < -0.4 is 5.32 Å². The molecule has 3 nitrogen and oxygen atoms in total. The highest BCUT2D eigenvalue weighted by Gasteiger charge is 2.10. The predicted octanol–water partition coefficient (Wildman–Crippen LogP) is 3.40. The van der Waals surface area contributed by atoms with Crippen LogP contribution in [0.1, 0.15) is 9.75 Å². The largest absolute Gasteiger partial charge is 0.481 e. The number of rotatable bonds is 5. The third kappa shape index (κ3) is 3.51. The summed E-state index contributed by atoms with van der Waals surface area (Å²) >= 11 is 1.29. The number of carboxylic acids is 1. The Morgan fingerprint density at radius 3 is 2.35 bits per heavy atom. The molecule has 0 amide bonds. The van der Waals surface area contributed by atoms with E-state index in [-0.39, 0.29) is 18.7 Å². The molecule has 0 saturated heterocycles. The average Bonchev–Trinajstić information content (AvgIpc) is 2.80. The number of aliphatic carboxylic acids is 1. The zero-order chi connectivity index (χ0) is 14.7. The Labute approximate surface area is 116 Å². The van der Waals surface area contributed by atoms with Gasteiger partial charge in [0.25, 0.3) is 0 Å². The lowest BCUT2D eigenvalue weighted by Crippen LogP contribution is -2.00. The summed E-state index contributed by atoms with van der Waals surface area (Å²) in [6.45, 7) is 0.273. The van der Waals surface area contributed by atoms with Crippen molar-refractivity contribution in [3.05, 3.63) is 51.5 Å². The maximum atomic E-state index is 13.0. The number of benzene rings is 1. The molecule has 0 atom stereocenters. The predicted molar refractivity (Wildman–Crippen MR) is 69.3 cm³/mol.